The smallest absolute Gasteiger partial charge is 0.0953 e. The van der Waals surface area contributed by atoms with E-state index in [0.717, 1.165) is 36.4 Å². The Morgan fingerprint density at radius 1 is 1.37 bits per heavy atom. The summed E-state index contributed by atoms with van der Waals surface area (Å²) < 4.78 is 7.81. The minimum atomic E-state index is 0.292. The molecule has 0 aliphatic carbocycles. The zero-order chi connectivity index (χ0) is 13.2. The van der Waals surface area contributed by atoms with Gasteiger partial charge in [0.25, 0.3) is 0 Å². The molecule has 1 aliphatic heterocycles. The number of anilines is 1. The Kier molecular flexibility index (Phi) is 3.21. The maximum atomic E-state index is 6.03. The molecule has 3 rings (SSSR count). The molecule has 0 spiro atoms. The predicted octanol–water partition coefficient (Wildman–Crippen LogP) is 2.27. The summed E-state index contributed by atoms with van der Waals surface area (Å²) in [7, 11) is 0. The van der Waals surface area contributed by atoms with Crippen LogP contribution in [0.3, 0.4) is 0 Å². The maximum Gasteiger partial charge on any atom is 0.0953 e. The molecule has 2 unspecified atom stereocenters. The highest BCUT2D eigenvalue weighted by Gasteiger charge is 2.23. The van der Waals surface area contributed by atoms with E-state index in [-0.39, 0.29) is 0 Å². The molecule has 3 heterocycles. The average molecular weight is 258 g/mol. The van der Waals surface area contributed by atoms with Gasteiger partial charge >= 0.3 is 0 Å². The summed E-state index contributed by atoms with van der Waals surface area (Å²) in [4.78, 5) is 8.44. The van der Waals surface area contributed by atoms with Crippen LogP contribution in [-0.4, -0.2) is 27.2 Å². The second-order valence-corrected chi connectivity index (χ2v) is 5.01. The molecule has 1 aliphatic rings. The third-order valence-electron chi connectivity index (χ3n) is 3.65. The number of nitrogens with zero attached hydrogens (tertiary/aromatic N) is 3. The van der Waals surface area contributed by atoms with Crippen LogP contribution in [0, 0.1) is 0 Å². The highest BCUT2D eigenvalue weighted by atomic mass is 16.5. The molecule has 5 nitrogen and oxygen atoms in total. The largest absolute Gasteiger partial charge is 0.398 e. The van der Waals surface area contributed by atoms with Gasteiger partial charge in [0.1, 0.15) is 0 Å². The fourth-order valence-corrected chi connectivity index (χ4v) is 2.65. The molecule has 0 bridgehead atoms. The number of rotatable bonds is 2. The molecule has 19 heavy (non-hydrogen) atoms. The zero-order valence-electron chi connectivity index (χ0n) is 11.0. The molecule has 2 N–H and O–H groups in total. The molecule has 0 amide bonds. The summed E-state index contributed by atoms with van der Waals surface area (Å²) in [5.74, 6) is 0. The molecule has 0 radical (unpaired) electrons. The minimum Gasteiger partial charge on any atom is -0.398 e. The summed E-state index contributed by atoms with van der Waals surface area (Å²) in [5.41, 5.74) is 8.74. The monoisotopic (exact) mass is 258 g/mol. The lowest BCUT2D eigenvalue weighted by molar-refractivity contribution is 0.00625. The van der Waals surface area contributed by atoms with Crippen molar-refractivity contribution in [2.75, 3.05) is 12.3 Å². The van der Waals surface area contributed by atoms with Gasteiger partial charge in [-0.2, -0.15) is 0 Å². The van der Waals surface area contributed by atoms with E-state index in [9.17, 15) is 0 Å². The van der Waals surface area contributed by atoms with Crippen LogP contribution in [0.1, 0.15) is 25.8 Å². The average Bonchev–Trinajstić information content (AvgIpc) is 2.88. The van der Waals surface area contributed by atoms with E-state index in [1.165, 1.54) is 0 Å². The van der Waals surface area contributed by atoms with E-state index in [0.29, 0.717) is 12.1 Å². The molecular formula is C14H18N4O. The third-order valence-corrected chi connectivity index (χ3v) is 3.65. The molecule has 100 valence electrons. The van der Waals surface area contributed by atoms with Crippen molar-refractivity contribution in [2.24, 2.45) is 0 Å². The van der Waals surface area contributed by atoms with Crippen molar-refractivity contribution in [3.63, 3.8) is 0 Å². The van der Waals surface area contributed by atoms with Gasteiger partial charge in [0.05, 0.1) is 24.3 Å². The molecule has 0 aromatic carbocycles. The van der Waals surface area contributed by atoms with Crippen molar-refractivity contribution in [3.8, 4) is 11.3 Å². The third kappa shape index (κ3) is 2.33. The Hall–Kier alpha value is -1.88. The van der Waals surface area contributed by atoms with Gasteiger partial charge in [0.15, 0.2) is 0 Å². The van der Waals surface area contributed by atoms with E-state index in [1.54, 1.807) is 12.4 Å². The van der Waals surface area contributed by atoms with Crippen molar-refractivity contribution in [3.05, 3.63) is 31.0 Å². The zero-order valence-corrected chi connectivity index (χ0v) is 11.0. The number of pyridine rings is 1. The Balaban J connectivity index is 1.96. The number of ether oxygens (including phenoxy) is 1. The van der Waals surface area contributed by atoms with Crippen LogP contribution in [0.2, 0.25) is 0 Å². The van der Waals surface area contributed by atoms with E-state index in [4.69, 9.17) is 10.5 Å². The van der Waals surface area contributed by atoms with Crippen molar-refractivity contribution >= 4 is 5.69 Å². The molecule has 1 saturated heterocycles. The summed E-state index contributed by atoms with van der Waals surface area (Å²) >= 11 is 0. The first-order chi connectivity index (χ1) is 9.25. The van der Waals surface area contributed by atoms with Crippen molar-refractivity contribution < 1.29 is 4.74 Å². The van der Waals surface area contributed by atoms with E-state index in [2.05, 4.69) is 21.5 Å². The number of nitrogens with two attached hydrogens (primary N) is 1. The van der Waals surface area contributed by atoms with Gasteiger partial charge in [-0.3, -0.25) is 4.98 Å². The lowest BCUT2D eigenvalue weighted by Crippen LogP contribution is -2.25. The summed E-state index contributed by atoms with van der Waals surface area (Å²) in [6.45, 7) is 2.91. The molecule has 1 fully saturated rings. The normalized spacial score (nSPS) is 23.4. The van der Waals surface area contributed by atoms with Gasteiger partial charge in [0, 0.05) is 36.3 Å². The van der Waals surface area contributed by atoms with Gasteiger partial charge < -0.3 is 15.0 Å². The van der Waals surface area contributed by atoms with Crippen LogP contribution < -0.4 is 5.73 Å². The van der Waals surface area contributed by atoms with Crippen molar-refractivity contribution in [1.29, 1.82) is 0 Å². The van der Waals surface area contributed by atoms with Gasteiger partial charge in [-0.1, -0.05) is 0 Å². The molecule has 2 aromatic heterocycles. The van der Waals surface area contributed by atoms with Crippen LogP contribution in [0.4, 0.5) is 5.69 Å². The number of hydrogen-bond acceptors (Lipinski definition) is 4. The first-order valence-corrected chi connectivity index (χ1v) is 6.59. The number of hydrogen-bond donors (Lipinski definition) is 1. The van der Waals surface area contributed by atoms with Gasteiger partial charge in [-0.15, -0.1) is 0 Å². The fourth-order valence-electron chi connectivity index (χ4n) is 2.65. The van der Waals surface area contributed by atoms with E-state index in [1.807, 2.05) is 18.6 Å². The summed E-state index contributed by atoms with van der Waals surface area (Å²) in [6.07, 6.45) is 9.54. The highest BCUT2D eigenvalue weighted by Crippen LogP contribution is 2.31. The Bertz CT molecular complexity index is 566. The van der Waals surface area contributed by atoms with Crippen LogP contribution in [0.15, 0.2) is 31.0 Å². The Morgan fingerprint density at radius 2 is 2.26 bits per heavy atom. The summed E-state index contributed by atoms with van der Waals surface area (Å²) in [6, 6.07) is 2.24. The first kappa shape index (κ1) is 12.2. The predicted molar refractivity (Wildman–Crippen MR) is 73.6 cm³/mol. The first-order valence-electron chi connectivity index (χ1n) is 6.59. The number of aromatic nitrogens is 3. The lowest BCUT2D eigenvalue weighted by Gasteiger charge is -2.29. The van der Waals surface area contributed by atoms with E-state index < -0.39 is 0 Å². The van der Waals surface area contributed by atoms with E-state index >= 15 is 0 Å². The quantitative estimate of drug-likeness (QED) is 0.897. The fraction of sp³-hybridized carbons (Fsp3) is 0.429. The van der Waals surface area contributed by atoms with Crippen LogP contribution in [0.25, 0.3) is 11.3 Å². The standard InChI is InChI=1S/C14H18N4O/c1-10-6-11(3-5-19-10)18-9-17-8-14(18)12-7-16-4-2-13(12)15/h2,4,7-11H,3,5-6H2,1H3,(H2,15,16). The van der Waals surface area contributed by atoms with Gasteiger partial charge in [0.2, 0.25) is 0 Å². The van der Waals surface area contributed by atoms with Crippen LogP contribution in [-0.2, 0) is 4.74 Å². The Morgan fingerprint density at radius 3 is 3.05 bits per heavy atom. The molecule has 5 heteroatoms. The van der Waals surface area contributed by atoms with Crippen molar-refractivity contribution in [2.45, 2.75) is 31.9 Å². The molecule has 2 aromatic rings. The molecule has 0 saturated carbocycles. The van der Waals surface area contributed by atoms with Gasteiger partial charge in [-0.05, 0) is 25.8 Å². The SMILES string of the molecule is CC1CC(n2cncc2-c2cnccc2N)CCO1. The second-order valence-electron chi connectivity index (χ2n) is 5.01. The van der Waals surface area contributed by atoms with Crippen molar-refractivity contribution in [1.82, 2.24) is 14.5 Å². The highest BCUT2D eigenvalue weighted by molar-refractivity contribution is 5.72. The van der Waals surface area contributed by atoms with Crippen LogP contribution >= 0.6 is 0 Å². The van der Waals surface area contributed by atoms with Crippen LogP contribution in [0.5, 0.6) is 0 Å². The lowest BCUT2D eigenvalue weighted by atomic mass is 10.0. The number of imidazole rings is 1. The summed E-state index contributed by atoms with van der Waals surface area (Å²) in [5, 5.41) is 0. The molecular weight excluding hydrogens is 240 g/mol. The maximum absolute atomic E-state index is 6.03. The number of nitrogen functional groups attached to an aromatic ring is 1. The second kappa shape index (κ2) is 5.01. The molecule has 2 atom stereocenters. The van der Waals surface area contributed by atoms with Gasteiger partial charge in [-0.25, -0.2) is 4.98 Å². The Labute approximate surface area is 112 Å². The minimum absolute atomic E-state index is 0.292. The topological polar surface area (TPSA) is 66.0 Å².